The van der Waals surface area contributed by atoms with Gasteiger partial charge in [0.1, 0.15) is 0 Å². The van der Waals surface area contributed by atoms with Gasteiger partial charge in [-0.1, -0.05) is 91.8 Å². The molecule has 0 atom stereocenters. The summed E-state index contributed by atoms with van der Waals surface area (Å²) in [5.41, 5.74) is 3.22. The van der Waals surface area contributed by atoms with Gasteiger partial charge in [-0.15, -0.1) is 0 Å². The van der Waals surface area contributed by atoms with Crippen molar-refractivity contribution >= 4 is 22.7 Å². The average molecular weight is 407 g/mol. The van der Waals surface area contributed by atoms with Gasteiger partial charge >= 0.3 is 0 Å². The largest absolute Gasteiger partial charge is 0.151 e. The number of benzene rings is 3. The van der Waals surface area contributed by atoms with Crippen LogP contribution in [0, 0.1) is 0 Å². The molecule has 0 unspecified atom stereocenters. The molecule has 0 saturated heterocycles. The van der Waals surface area contributed by atoms with E-state index in [-0.39, 0.29) is 0 Å². The lowest BCUT2D eigenvalue weighted by atomic mass is 10.3. The molecule has 0 heterocycles. The van der Waals surface area contributed by atoms with E-state index in [1.165, 1.54) is 0 Å². The van der Waals surface area contributed by atoms with E-state index in [1.54, 1.807) is 0 Å². The van der Waals surface area contributed by atoms with E-state index in [2.05, 4.69) is 20.5 Å². The first kappa shape index (κ1) is 29.1. The summed E-state index contributed by atoms with van der Waals surface area (Å²) < 4.78 is 0. The Kier molecular flexibility index (Phi) is 21.5. The number of nitrogens with zero attached hydrogens (tertiary/aromatic N) is 4. The molecule has 0 bridgehead atoms. The topological polar surface area (TPSA) is 49.4 Å². The van der Waals surface area contributed by atoms with Crippen molar-refractivity contribution in [3.8, 4) is 0 Å². The lowest BCUT2D eigenvalue weighted by Crippen LogP contribution is -1.66. The van der Waals surface area contributed by atoms with Gasteiger partial charge < -0.3 is 0 Å². The molecule has 0 spiro atoms. The van der Waals surface area contributed by atoms with Crippen LogP contribution in [0.2, 0.25) is 0 Å². The molecule has 0 saturated carbocycles. The Morgan fingerprint density at radius 1 is 0.300 bits per heavy atom. The Balaban J connectivity index is 0. The maximum absolute atomic E-state index is 4.19. The van der Waals surface area contributed by atoms with Crippen molar-refractivity contribution in [3.63, 3.8) is 0 Å². The molecule has 0 amide bonds. The van der Waals surface area contributed by atoms with Crippen LogP contribution in [0.1, 0.15) is 55.4 Å². The molecule has 3 rings (SSSR count). The van der Waals surface area contributed by atoms with E-state index >= 15 is 0 Å². The molecule has 162 valence electrons. The minimum Gasteiger partial charge on any atom is -0.151 e. The lowest BCUT2D eigenvalue weighted by Gasteiger charge is -1.95. The smallest absolute Gasteiger partial charge is 0.0858 e. The highest BCUT2D eigenvalue weighted by molar-refractivity contribution is 5.48. The van der Waals surface area contributed by atoms with Crippen molar-refractivity contribution in [3.05, 3.63) is 84.9 Å². The van der Waals surface area contributed by atoms with E-state index < -0.39 is 0 Å². The quantitative estimate of drug-likeness (QED) is 0.387. The minimum absolute atomic E-state index is 0.780. The van der Waals surface area contributed by atoms with Crippen molar-refractivity contribution in [2.45, 2.75) is 55.4 Å². The first-order valence-electron chi connectivity index (χ1n) is 10.9. The minimum atomic E-state index is 0.780. The van der Waals surface area contributed by atoms with Gasteiger partial charge in [-0.25, -0.2) is 0 Å². The highest BCUT2D eigenvalue weighted by Crippen LogP contribution is 2.23. The second-order valence-electron chi connectivity index (χ2n) is 4.59. The molecule has 3 aromatic carbocycles. The summed E-state index contributed by atoms with van der Waals surface area (Å²) in [4.78, 5) is 0. The molecule has 0 aliphatic heterocycles. The van der Waals surface area contributed by atoms with E-state index in [9.17, 15) is 0 Å². The van der Waals surface area contributed by atoms with Gasteiger partial charge in [0.25, 0.3) is 0 Å². The second-order valence-corrected chi connectivity index (χ2v) is 4.59. The van der Waals surface area contributed by atoms with E-state index in [1.807, 2.05) is 140 Å². The molecule has 0 aliphatic rings. The van der Waals surface area contributed by atoms with Crippen LogP contribution < -0.4 is 0 Å². The fourth-order valence-electron chi connectivity index (χ4n) is 1.81. The summed E-state index contributed by atoms with van der Waals surface area (Å²) in [6.07, 6.45) is 0. The summed E-state index contributed by atoms with van der Waals surface area (Å²) in [5.74, 6) is 0. The zero-order chi connectivity index (χ0) is 23.0. The monoisotopic (exact) mass is 406 g/mol. The van der Waals surface area contributed by atoms with Crippen molar-refractivity contribution in [1.29, 1.82) is 0 Å². The highest BCUT2D eigenvalue weighted by Gasteiger charge is 1.93. The molecular formula is C26H38N4. The molecule has 0 fully saturated rings. The first-order chi connectivity index (χ1) is 14.9. The highest BCUT2D eigenvalue weighted by atomic mass is 15.1. The Morgan fingerprint density at radius 3 is 0.733 bits per heavy atom. The first-order valence-corrected chi connectivity index (χ1v) is 10.9. The standard InChI is InChI=1S/C18H14N4.4C2H6/c1-3-7-15(8-4-1)19-21-17-11-13-18(14-12-17)22-20-16-9-5-2-6-10-16;4*1-2/h1-14H;4*1-2H3. The molecule has 0 N–H and O–H groups in total. The summed E-state index contributed by atoms with van der Waals surface area (Å²) in [6, 6.07) is 26.7. The van der Waals surface area contributed by atoms with Crippen LogP contribution in [-0.2, 0) is 0 Å². The third kappa shape index (κ3) is 13.1. The van der Waals surface area contributed by atoms with E-state index in [0.29, 0.717) is 0 Å². The molecular weight excluding hydrogens is 368 g/mol. The van der Waals surface area contributed by atoms with Gasteiger partial charge in [0.2, 0.25) is 0 Å². The van der Waals surface area contributed by atoms with Crippen molar-refractivity contribution < 1.29 is 0 Å². The van der Waals surface area contributed by atoms with Crippen LogP contribution in [0.25, 0.3) is 0 Å². The van der Waals surface area contributed by atoms with Crippen LogP contribution >= 0.6 is 0 Å². The summed E-state index contributed by atoms with van der Waals surface area (Å²) >= 11 is 0. The predicted molar refractivity (Wildman–Crippen MR) is 133 cm³/mol. The van der Waals surface area contributed by atoms with Crippen LogP contribution in [0.5, 0.6) is 0 Å². The number of azo groups is 2. The van der Waals surface area contributed by atoms with Crippen molar-refractivity contribution in [2.24, 2.45) is 20.5 Å². The van der Waals surface area contributed by atoms with Gasteiger partial charge in [-0.2, -0.15) is 20.5 Å². The molecule has 4 nitrogen and oxygen atoms in total. The van der Waals surface area contributed by atoms with Gasteiger partial charge in [0.15, 0.2) is 0 Å². The number of hydrogen-bond acceptors (Lipinski definition) is 4. The maximum Gasteiger partial charge on any atom is 0.0858 e. The van der Waals surface area contributed by atoms with Gasteiger partial charge in [-0.3, -0.25) is 0 Å². The summed E-state index contributed by atoms with van der Waals surface area (Å²) in [7, 11) is 0. The van der Waals surface area contributed by atoms with Crippen molar-refractivity contribution in [2.75, 3.05) is 0 Å². The third-order valence-corrected chi connectivity index (χ3v) is 2.92. The van der Waals surface area contributed by atoms with E-state index in [0.717, 1.165) is 22.7 Å². The van der Waals surface area contributed by atoms with Gasteiger partial charge in [0.05, 0.1) is 22.7 Å². The molecule has 0 aliphatic carbocycles. The number of rotatable bonds is 4. The van der Waals surface area contributed by atoms with Crippen LogP contribution in [0.15, 0.2) is 105 Å². The molecule has 30 heavy (non-hydrogen) atoms. The molecule has 4 heteroatoms. The fraction of sp³-hybridized carbons (Fsp3) is 0.308. The van der Waals surface area contributed by atoms with E-state index in [4.69, 9.17) is 0 Å². The van der Waals surface area contributed by atoms with Crippen LogP contribution in [-0.4, -0.2) is 0 Å². The summed E-state index contributed by atoms with van der Waals surface area (Å²) in [5, 5.41) is 16.7. The zero-order valence-electron chi connectivity index (χ0n) is 19.9. The Bertz CT molecular complexity index is 697. The Labute approximate surface area is 183 Å². The average Bonchev–Trinajstić information content (AvgIpc) is 2.88. The van der Waals surface area contributed by atoms with Crippen molar-refractivity contribution in [1.82, 2.24) is 0 Å². The summed E-state index contributed by atoms with van der Waals surface area (Å²) in [6.45, 7) is 16.0. The van der Waals surface area contributed by atoms with Gasteiger partial charge in [0, 0.05) is 0 Å². The third-order valence-electron chi connectivity index (χ3n) is 2.92. The molecule has 3 aromatic rings. The second kappa shape index (κ2) is 22.2. The number of hydrogen-bond donors (Lipinski definition) is 0. The fourth-order valence-corrected chi connectivity index (χ4v) is 1.81. The Morgan fingerprint density at radius 2 is 0.500 bits per heavy atom. The van der Waals surface area contributed by atoms with Crippen LogP contribution in [0.3, 0.4) is 0 Å². The normalized spacial score (nSPS) is 9.07. The maximum atomic E-state index is 4.19. The van der Waals surface area contributed by atoms with Crippen LogP contribution in [0.4, 0.5) is 22.7 Å². The molecule has 0 aromatic heterocycles. The molecule has 0 radical (unpaired) electrons. The lowest BCUT2D eigenvalue weighted by molar-refractivity contribution is 1.21. The SMILES string of the molecule is CC.CC.CC.CC.c1ccc(N=Nc2ccc(N=Nc3ccccc3)cc2)cc1. The Hall–Kier alpha value is -3.14. The zero-order valence-corrected chi connectivity index (χ0v) is 19.9. The predicted octanol–water partition coefficient (Wildman–Crippen LogP) is 10.6. The van der Waals surface area contributed by atoms with Gasteiger partial charge in [-0.05, 0) is 48.5 Å².